The van der Waals surface area contributed by atoms with Crippen LogP contribution in [0.4, 0.5) is 10.1 Å². The van der Waals surface area contributed by atoms with Gasteiger partial charge in [-0.15, -0.1) is 0 Å². The van der Waals surface area contributed by atoms with Gasteiger partial charge in [-0.2, -0.15) is 0 Å². The molecule has 0 radical (unpaired) electrons. The lowest BCUT2D eigenvalue weighted by Gasteiger charge is -2.12. The van der Waals surface area contributed by atoms with Crippen molar-refractivity contribution in [3.63, 3.8) is 0 Å². The van der Waals surface area contributed by atoms with Crippen molar-refractivity contribution in [3.05, 3.63) is 69.0 Å². The molecule has 0 aliphatic heterocycles. The fourth-order valence-electron chi connectivity index (χ4n) is 1.93. The third-order valence-electron chi connectivity index (χ3n) is 3.17. The van der Waals surface area contributed by atoms with Gasteiger partial charge >= 0.3 is 0 Å². The van der Waals surface area contributed by atoms with Crippen LogP contribution < -0.4 is 10.5 Å². The summed E-state index contributed by atoms with van der Waals surface area (Å²) in [5.74, 6) is 0.133. The lowest BCUT2D eigenvalue weighted by molar-refractivity contribution is -0.384. The normalized spacial score (nSPS) is 10.4. The summed E-state index contributed by atoms with van der Waals surface area (Å²) in [6, 6.07) is 8.71. The van der Waals surface area contributed by atoms with Crippen LogP contribution >= 0.6 is 0 Å². The van der Waals surface area contributed by atoms with E-state index in [2.05, 4.69) is 0 Å². The Labute approximate surface area is 121 Å². The number of rotatable bonds is 5. The van der Waals surface area contributed by atoms with Crippen LogP contribution in [-0.2, 0) is 13.2 Å². The monoisotopic (exact) mass is 290 g/mol. The zero-order chi connectivity index (χ0) is 15.4. The second kappa shape index (κ2) is 6.32. The summed E-state index contributed by atoms with van der Waals surface area (Å²) in [5.41, 5.74) is 7.71. The van der Waals surface area contributed by atoms with Crippen LogP contribution in [0.15, 0.2) is 36.4 Å². The first-order chi connectivity index (χ1) is 10.0. The van der Waals surface area contributed by atoms with Crippen LogP contribution in [0, 0.1) is 22.9 Å². The molecule has 2 N–H and O–H groups in total. The molecular weight excluding hydrogens is 275 g/mol. The lowest BCUT2D eigenvalue weighted by atomic mass is 10.1. The third-order valence-corrected chi connectivity index (χ3v) is 3.17. The van der Waals surface area contributed by atoms with Gasteiger partial charge in [0.1, 0.15) is 18.2 Å². The van der Waals surface area contributed by atoms with Gasteiger partial charge in [-0.05, 0) is 36.2 Å². The van der Waals surface area contributed by atoms with Gasteiger partial charge in [0.25, 0.3) is 5.69 Å². The summed E-state index contributed by atoms with van der Waals surface area (Å²) >= 11 is 0. The molecule has 2 rings (SSSR count). The van der Waals surface area contributed by atoms with Crippen molar-refractivity contribution in [2.75, 3.05) is 0 Å². The molecule has 2 aromatic carbocycles. The summed E-state index contributed by atoms with van der Waals surface area (Å²) in [6.45, 7) is 2.16. The van der Waals surface area contributed by atoms with Gasteiger partial charge < -0.3 is 10.5 Å². The minimum Gasteiger partial charge on any atom is -0.489 e. The average molecular weight is 290 g/mol. The van der Waals surface area contributed by atoms with Crippen LogP contribution in [0.5, 0.6) is 5.75 Å². The predicted molar refractivity (Wildman–Crippen MR) is 76.5 cm³/mol. The molecule has 0 saturated carbocycles. The van der Waals surface area contributed by atoms with E-state index in [1.165, 1.54) is 30.3 Å². The largest absolute Gasteiger partial charge is 0.489 e. The van der Waals surface area contributed by atoms with Crippen molar-refractivity contribution in [2.45, 2.75) is 20.1 Å². The Balaban J connectivity index is 2.19. The Bertz CT molecular complexity index is 674. The zero-order valence-corrected chi connectivity index (χ0v) is 11.5. The molecule has 2 aromatic rings. The van der Waals surface area contributed by atoms with Crippen molar-refractivity contribution in [1.82, 2.24) is 0 Å². The number of aryl methyl sites for hydroxylation is 1. The highest BCUT2D eigenvalue weighted by Crippen LogP contribution is 2.25. The van der Waals surface area contributed by atoms with Gasteiger partial charge in [0, 0.05) is 24.2 Å². The molecule has 0 fully saturated rings. The van der Waals surface area contributed by atoms with E-state index in [1.807, 2.05) is 6.92 Å². The number of nitro groups is 1. The summed E-state index contributed by atoms with van der Waals surface area (Å²) < 4.78 is 18.8. The fourth-order valence-corrected chi connectivity index (χ4v) is 1.93. The maximum Gasteiger partial charge on any atom is 0.270 e. The van der Waals surface area contributed by atoms with E-state index in [-0.39, 0.29) is 24.7 Å². The molecule has 110 valence electrons. The summed E-state index contributed by atoms with van der Waals surface area (Å²) in [4.78, 5) is 10.2. The Morgan fingerprint density at radius 3 is 2.67 bits per heavy atom. The minimum atomic E-state index is -0.486. The smallest absolute Gasteiger partial charge is 0.270 e. The molecular formula is C15H15FN2O3. The molecule has 0 aromatic heterocycles. The second-order valence-electron chi connectivity index (χ2n) is 4.61. The predicted octanol–water partition coefficient (Wildman–Crippen LogP) is 3.08. The number of nitro benzene ring substituents is 1. The van der Waals surface area contributed by atoms with Crippen LogP contribution in [0.3, 0.4) is 0 Å². The zero-order valence-electron chi connectivity index (χ0n) is 11.5. The number of nitrogens with zero attached hydrogens (tertiary/aromatic N) is 1. The number of benzene rings is 2. The molecule has 0 heterocycles. The molecule has 0 saturated heterocycles. The first kappa shape index (κ1) is 14.9. The van der Waals surface area contributed by atoms with Gasteiger partial charge in [0.2, 0.25) is 0 Å². The lowest BCUT2D eigenvalue weighted by Crippen LogP contribution is -2.04. The number of halogens is 1. The molecule has 5 nitrogen and oxygen atoms in total. The number of ether oxygens (including phenoxy) is 1. The quantitative estimate of drug-likeness (QED) is 0.678. The van der Waals surface area contributed by atoms with Crippen LogP contribution in [0.25, 0.3) is 0 Å². The van der Waals surface area contributed by atoms with Gasteiger partial charge in [-0.1, -0.05) is 6.07 Å². The van der Waals surface area contributed by atoms with E-state index in [0.717, 1.165) is 11.1 Å². The number of non-ortho nitro benzene ring substituents is 1. The number of nitrogens with two attached hydrogens (primary N) is 1. The molecule has 0 amide bonds. The molecule has 0 bridgehead atoms. The van der Waals surface area contributed by atoms with E-state index in [0.29, 0.717) is 11.3 Å². The van der Waals surface area contributed by atoms with Crippen LogP contribution in [0.1, 0.15) is 16.7 Å². The molecule has 0 aliphatic rings. The third kappa shape index (κ3) is 3.55. The first-order valence-corrected chi connectivity index (χ1v) is 6.36. The topological polar surface area (TPSA) is 78.4 Å². The summed E-state index contributed by atoms with van der Waals surface area (Å²) in [5, 5.41) is 10.7. The Morgan fingerprint density at radius 2 is 2.00 bits per heavy atom. The highest BCUT2D eigenvalue weighted by Gasteiger charge is 2.11. The molecule has 6 heteroatoms. The highest BCUT2D eigenvalue weighted by atomic mass is 19.1. The number of hydrogen-bond acceptors (Lipinski definition) is 4. The fraction of sp³-hybridized carbons (Fsp3) is 0.200. The van der Waals surface area contributed by atoms with Crippen molar-refractivity contribution < 1.29 is 14.1 Å². The summed E-state index contributed by atoms with van der Waals surface area (Å²) in [6.07, 6.45) is 0. The van der Waals surface area contributed by atoms with Gasteiger partial charge in [-0.25, -0.2) is 4.39 Å². The summed E-state index contributed by atoms with van der Waals surface area (Å²) in [7, 11) is 0. The van der Waals surface area contributed by atoms with Gasteiger partial charge in [-0.3, -0.25) is 10.1 Å². The molecule has 0 unspecified atom stereocenters. The standard InChI is InChI=1S/C15H15FN2O3/c1-10-2-3-13(16)6-12(10)9-21-15-5-4-14(18(19)20)7-11(15)8-17/h2-7H,8-9,17H2,1H3. The maximum absolute atomic E-state index is 13.2. The molecule has 0 atom stereocenters. The van der Waals surface area contributed by atoms with Gasteiger partial charge in [0.15, 0.2) is 0 Å². The SMILES string of the molecule is Cc1ccc(F)cc1COc1ccc([N+](=O)[O-])cc1CN. The average Bonchev–Trinajstić information content (AvgIpc) is 2.47. The van der Waals surface area contributed by atoms with E-state index in [4.69, 9.17) is 10.5 Å². The highest BCUT2D eigenvalue weighted by molar-refractivity contribution is 5.44. The van der Waals surface area contributed by atoms with E-state index < -0.39 is 4.92 Å². The second-order valence-corrected chi connectivity index (χ2v) is 4.61. The van der Waals surface area contributed by atoms with Crippen molar-refractivity contribution in [3.8, 4) is 5.75 Å². The molecule has 21 heavy (non-hydrogen) atoms. The Kier molecular flexibility index (Phi) is 4.49. The van der Waals surface area contributed by atoms with Crippen LogP contribution in [-0.4, -0.2) is 4.92 Å². The van der Waals surface area contributed by atoms with Crippen molar-refractivity contribution in [1.29, 1.82) is 0 Å². The minimum absolute atomic E-state index is 0.0373. The molecule has 0 spiro atoms. The van der Waals surface area contributed by atoms with Gasteiger partial charge in [0.05, 0.1) is 4.92 Å². The van der Waals surface area contributed by atoms with E-state index in [1.54, 1.807) is 6.07 Å². The first-order valence-electron chi connectivity index (χ1n) is 6.36. The van der Waals surface area contributed by atoms with E-state index in [9.17, 15) is 14.5 Å². The van der Waals surface area contributed by atoms with Crippen molar-refractivity contribution in [2.24, 2.45) is 5.73 Å². The number of hydrogen-bond donors (Lipinski definition) is 1. The van der Waals surface area contributed by atoms with Crippen LogP contribution in [0.2, 0.25) is 0 Å². The Hall–Kier alpha value is -2.47. The van der Waals surface area contributed by atoms with E-state index >= 15 is 0 Å². The Morgan fingerprint density at radius 1 is 1.24 bits per heavy atom. The molecule has 0 aliphatic carbocycles. The maximum atomic E-state index is 13.2. The van der Waals surface area contributed by atoms with Crippen molar-refractivity contribution >= 4 is 5.69 Å².